The first-order valence-electron chi connectivity index (χ1n) is 8.91. The van der Waals surface area contributed by atoms with Crippen molar-refractivity contribution in [2.75, 3.05) is 16.6 Å². The van der Waals surface area contributed by atoms with E-state index >= 15 is 0 Å². The molecule has 1 amide bonds. The predicted octanol–water partition coefficient (Wildman–Crippen LogP) is 5.77. The Morgan fingerprint density at radius 1 is 0.968 bits per heavy atom. The van der Waals surface area contributed by atoms with Crippen LogP contribution >= 0.6 is 34.8 Å². The number of nitrogens with one attached hydrogen (secondary N) is 2. The number of anilines is 2. The molecule has 0 radical (unpaired) electrons. The Labute approximate surface area is 195 Å². The quantitative estimate of drug-likeness (QED) is 0.432. The van der Waals surface area contributed by atoms with E-state index in [1.54, 1.807) is 49.4 Å². The lowest BCUT2D eigenvalue weighted by molar-refractivity contribution is -0.118. The third-order valence-corrected chi connectivity index (χ3v) is 6.55. The van der Waals surface area contributed by atoms with Crippen molar-refractivity contribution in [1.29, 1.82) is 0 Å². The molecule has 0 unspecified atom stereocenters. The van der Waals surface area contributed by atoms with Crippen LogP contribution in [0.3, 0.4) is 0 Å². The van der Waals surface area contributed by atoms with Gasteiger partial charge >= 0.3 is 0 Å². The van der Waals surface area contributed by atoms with Gasteiger partial charge < -0.3 is 10.1 Å². The molecule has 0 aromatic heterocycles. The Hall–Kier alpha value is -2.45. The molecule has 3 aromatic carbocycles. The van der Waals surface area contributed by atoms with E-state index in [0.717, 1.165) is 5.56 Å². The maximum absolute atomic E-state index is 12.6. The number of ether oxygens (including phenoxy) is 1. The first-order valence-corrected chi connectivity index (χ1v) is 11.5. The Morgan fingerprint density at radius 3 is 2.35 bits per heavy atom. The smallest absolute Gasteiger partial charge is 0.262 e. The van der Waals surface area contributed by atoms with E-state index in [9.17, 15) is 13.2 Å². The lowest BCUT2D eigenvalue weighted by Crippen LogP contribution is -2.21. The van der Waals surface area contributed by atoms with E-state index in [1.807, 2.05) is 0 Å². The Balaban J connectivity index is 1.65. The molecule has 0 aliphatic carbocycles. The summed E-state index contributed by atoms with van der Waals surface area (Å²) in [4.78, 5) is 12.1. The fraction of sp³-hybridized carbons (Fsp3) is 0.0952. The first kappa shape index (κ1) is 23.2. The van der Waals surface area contributed by atoms with Crippen LogP contribution < -0.4 is 14.8 Å². The molecule has 10 heteroatoms. The summed E-state index contributed by atoms with van der Waals surface area (Å²) in [5.74, 6) is -0.243. The summed E-state index contributed by atoms with van der Waals surface area (Å²) in [6, 6.07) is 15.3. The highest BCUT2D eigenvalue weighted by Crippen LogP contribution is 2.29. The van der Waals surface area contributed by atoms with E-state index in [0.29, 0.717) is 21.4 Å². The molecule has 0 aliphatic rings. The number of amides is 1. The van der Waals surface area contributed by atoms with Crippen molar-refractivity contribution in [3.63, 3.8) is 0 Å². The number of halogens is 3. The number of rotatable bonds is 7. The van der Waals surface area contributed by atoms with Gasteiger partial charge in [0.25, 0.3) is 15.9 Å². The lowest BCUT2D eigenvalue weighted by Gasteiger charge is -2.12. The van der Waals surface area contributed by atoms with Crippen molar-refractivity contribution < 1.29 is 17.9 Å². The highest BCUT2D eigenvalue weighted by molar-refractivity contribution is 7.92. The maximum Gasteiger partial charge on any atom is 0.262 e. The van der Waals surface area contributed by atoms with Crippen LogP contribution in [0.2, 0.25) is 15.1 Å². The van der Waals surface area contributed by atoms with Gasteiger partial charge in [0, 0.05) is 21.4 Å². The van der Waals surface area contributed by atoms with Crippen LogP contribution in [0.25, 0.3) is 0 Å². The topological polar surface area (TPSA) is 84.5 Å². The minimum atomic E-state index is -3.87. The summed E-state index contributed by atoms with van der Waals surface area (Å²) >= 11 is 18.0. The molecule has 6 nitrogen and oxygen atoms in total. The molecule has 31 heavy (non-hydrogen) atoms. The van der Waals surface area contributed by atoms with Crippen LogP contribution in [0.5, 0.6) is 5.75 Å². The summed E-state index contributed by atoms with van der Waals surface area (Å²) in [6.07, 6.45) is 0. The molecule has 0 saturated heterocycles. The molecule has 0 saturated carbocycles. The van der Waals surface area contributed by atoms with Crippen molar-refractivity contribution in [3.05, 3.63) is 81.3 Å². The zero-order valence-corrected chi connectivity index (χ0v) is 19.2. The van der Waals surface area contributed by atoms with E-state index in [4.69, 9.17) is 39.5 Å². The summed E-state index contributed by atoms with van der Waals surface area (Å²) in [5.41, 5.74) is 1.66. The molecular weight excluding hydrogens is 483 g/mol. The average Bonchev–Trinajstić information content (AvgIpc) is 2.72. The van der Waals surface area contributed by atoms with E-state index in [1.165, 1.54) is 18.2 Å². The molecule has 0 bridgehead atoms. The number of sulfonamides is 1. The minimum absolute atomic E-state index is 0.0470. The van der Waals surface area contributed by atoms with E-state index < -0.39 is 15.9 Å². The third kappa shape index (κ3) is 6.04. The van der Waals surface area contributed by atoms with Gasteiger partial charge in [-0.05, 0) is 67.1 Å². The van der Waals surface area contributed by atoms with Crippen molar-refractivity contribution in [2.24, 2.45) is 0 Å². The normalized spacial score (nSPS) is 11.1. The number of carbonyl (C=O) groups is 1. The highest BCUT2D eigenvalue weighted by atomic mass is 35.5. The average molecular weight is 500 g/mol. The van der Waals surface area contributed by atoms with Gasteiger partial charge in [-0.2, -0.15) is 0 Å². The number of hydrogen-bond acceptors (Lipinski definition) is 4. The Morgan fingerprint density at radius 2 is 1.68 bits per heavy atom. The number of hydrogen-bond donors (Lipinski definition) is 2. The second kappa shape index (κ2) is 9.78. The summed E-state index contributed by atoms with van der Waals surface area (Å²) < 4.78 is 33.0. The molecular formula is C21H17Cl3N2O4S. The van der Waals surface area contributed by atoms with Gasteiger partial charge in [0.2, 0.25) is 0 Å². The van der Waals surface area contributed by atoms with Gasteiger partial charge in [-0.25, -0.2) is 8.42 Å². The summed E-state index contributed by atoms with van der Waals surface area (Å²) in [7, 11) is -3.87. The van der Waals surface area contributed by atoms with Crippen LogP contribution in [0.15, 0.2) is 65.6 Å². The molecule has 3 aromatic rings. The zero-order valence-electron chi connectivity index (χ0n) is 16.2. The summed E-state index contributed by atoms with van der Waals surface area (Å²) in [6.45, 7) is 1.47. The molecule has 3 rings (SSSR count). The van der Waals surface area contributed by atoms with Gasteiger partial charge in [-0.1, -0.05) is 40.9 Å². The standard InChI is InChI=1S/C21H17Cl3N2O4S/c1-13-17(23)3-2-4-19(13)25-21(27)12-30-20-10-9-16(11-18(20)24)31(28,29)26-15-7-5-14(22)6-8-15/h2-11,26H,12H2,1H3,(H,25,27). The number of carbonyl (C=O) groups excluding carboxylic acids is 1. The van der Waals surface area contributed by atoms with Crippen LogP contribution in [0.1, 0.15) is 5.56 Å². The maximum atomic E-state index is 12.6. The van der Waals surface area contributed by atoms with Crippen molar-refractivity contribution >= 4 is 62.1 Å². The Bertz CT molecular complexity index is 1220. The predicted molar refractivity (Wildman–Crippen MR) is 124 cm³/mol. The minimum Gasteiger partial charge on any atom is -0.482 e. The van der Waals surface area contributed by atoms with Gasteiger partial charge in [-0.15, -0.1) is 0 Å². The monoisotopic (exact) mass is 498 g/mol. The molecule has 0 atom stereocenters. The Kier molecular flexibility index (Phi) is 7.33. The van der Waals surface area contributed by atoms with E-state index in [2.05, 4.69) is 10.0 Å². The zero-order chi connectivity index (χ0) is 22.6. The molecule has 162 valence electrons. The fourth-order valence-electron chi connectivity index (χ4n) is 2.57. The van der Waals surface area contributed by atoms with Crippen molar-refractivity contribution in [3.8, 4) is 5.75 Å². The molecule has 0 aliphatic heterocycles. The van der Waals surface area contributed by atoms with E-state index in [-0.39, 0.29) is 22.3 Å². The largest absolute Gasteiger partial charge is 0.482 e. The highest BCUT2D eigenvalue weighted by Gasteiger charge is 2.17. The molecule has 0 spiro atoms. The van der Waals surface area contributed by atoms with Crippen molar-refractivity contribution in [2.45, 2.75) is 11.8 Å². The first-order chi connectivity index (χ1) is 14.7. The lowest BCUT2D eigenvalue weighted by atomic mass is 10.2. The van der Waals surface area contributed by atoms with Crippen LogP contribution in [-0.4, -0.2) is 20.9 Å². The molecule has 0 fully saturated rings. The summed E-state index contributed by atoms with van der Waals surface area (Å²) in [5, 5.41) is 3.77. The van der Waals surface area contributed by atoms with Gasteiger partial charge in [0.05, 0.1) is 9.92 Å². The van der Waals surface area contributed by atoms with Crippen LogP contribution in [0, 0.1) is 6.92 Å². The number of benzene rings is 3. The fourth-order valence-corrected chi connectivity index (χ4v) is 4.26. The SMILES string of the molecule is Cc1c(Cl)cccc1NC(=O)COc1ccc(S(=O)(=O)Nc2ccc(Cl)cc2)cc1Cl. The van der Waals surface area contributed by atoms with Gasteiger partial charge in [0.1, 0.15) is 5.75 Å². The molecule has 0 heterocycles. The van der Waals surface area contributed by atoms with Crippen LogP contribution in [-0.2, 0) is 14.8 Å². The third-order valence-electron chi connectivity index (χ3n) is 4.21. The van der Waals surface area contributed by atoms with Crippen molar-refractivity contribution in [1.82, 2.24) is 0 Å². The second-order valence-corrected chi connectivity index (χ2v) is 9.39. The van der Waals surface area contributed by atoms with Gasteiger partial charge in [-0.3, -0.25) is 9.52 Å². The second-order valence-electron chi connectivity index (χ2n) is 6.45. The van der Waals surface area contributed by atoms with Gasteiger partial charge in [0.15, 0.2) is 6.61 Å². The molecule has 2 N–H and O–H groups in total. The van der Waals surface area contributed by atoms with Crippen LogP contribution in [0.4, 0.5) is 11.4 Å².